The molecule has 3 aromatic carbocycles. The Morgan fingerprint density at radius 3 is 1.85 bits per heavy atom. The van der Waals surface area contributed by atoms with Crippen LogP contribution >= 0.6 is 0 Å². The summed E-state index contributed by atoms with van der Waals surface area (Å²) in [5.41, 5.74) is -8.43. The van der Waals surface area contributed by atoms with Crippen LogP contribution in [0.3, 0.4) is 0 Å². The average Bonchev–Trinajstić information content (AvgIpc) is 3.24. The molecule has 41 heavy (non-hydrogen) atoms. The average molecular weight is 567 g/mol. The molecule has 0 unspecified atom stereocenters. The molecule has 0 radical (unpaired) electrons. The number of nitrogens with zero attached hydrogens (tertiary/aromatic N) is 5. The molecule has 0 spiro atoms. The first-order chi connectivity index (χ1) is 19.3. The number of hydrogen-bond donors (Lipinski definition) is 0. The van der Waals surface area contributed by atoms with E-state index in [9.17, 15) is 50.9 Å². The van der Waals surface area contributed by atoms with Crippen LogP contribution in [0.2, 0.25) is 0 Å². The van der Waals surface area contributed by atoms with Crippen molar-refractivity contribution in [2.24, 2.45) is 0 Å². The highest BCUT2D eigenvalue weighted by atomic mass is 19.4. The van der Waals surface area contributed by atoms with Gasteiger partial charge in [-0.25, -0.2) is 31.6 Å². The zero-order valence-electron chi connectivity index (χ0n) is 19.8. The van der Waals surface area contributed by atoms with Crippen molar-refractivity contribution >= 4 is 22.5 Å². The third-order valence-corrected chi connectivity index (χ3v) is 6.10. The maximum absolute atomic E-state index is 14.9. The van der Waals surface area contributed by atoms with Crippen LogP contribution in [-0.4, -0.2) is 6.36 Å². The zero-order valence-corrected chi connectivity index (χ0v) is 19.8. The van der Waals surface area contributed by atoms with Crippen LogP contribution in [0.1, 0.15) is 33.4 Å². The van der Waals surface area contributed by atoms with Gasteiger partial charge in [0.2, 0.25) is 5.82 Å². The van der Waals surface area contributed by atoms with Crippen molar-refractivity contribution in [1.82, 2.24) is 0 Å². The van der Waals surface area contributed by atoms with Gasteiger partial charge in [0, 0.05) is 5.56 Å². The topological polar surface area (TPSA) is 89.3 Å². The first kappa shape index (κ1) is 28.1. The molecule has 1 aliphatic carbocycles. The van der Waals surface area contributed by atoms with Crippen LogP contribution in [0.4, 0.5) is 46.5 Å². The van der Waals surface area contributed by atoms with Crippen molar-refractivity contribution < 1.29 is 39.9 Å². The van der Waals surface area contributed by atoms with Gasteiger partial charge in [-0.3, -0.25) is 0 Å². The highest BCUT2D eigenvalue weighted by molar-refractivity contribution is 6.18. The normalized spacial score (nSPS) is 12.7. The number of allylic oxidation sites excluding steroid dienone is 1. The van der Waals surface area contributed by atoms with E-state index < -0.39 is 85.8 Å². The van der Waals surface area contributed by atoms with E-state index in [1.54, 1.807) is 0 Å². The van der Waals surface area contributed by atoms with E-state index in [-0.39, 0.29) is 22.4 Å². The van der Waals surface area contributed by atoms with Gasteiger partial charge in [0.05, 0.1) is 29.8 Å². The van der Waals surface area contributed by atoms with Crippen molar-refractivity contribution in [2.45, 2.75) is 13.3 Å². The molecule has 0 saturated heterocycles. The summed E-state index contributed by atoms with van der Waals surface area (Å²) in [4.78, 5) is 6.53. The lowest BCUT2D eigenvalue weighted by molar-refractivity contribution is -0.274. The first-order valence-corrected chi connectivity index (χ1v) is 10.6. The molecule has 0 heterocycles. The van der Waals surface area contributed by atoms with Gasteiger partial charge in [0.1, 0.15) is 23.8 Å². The van der Waals surface area contributed by atoms with Gasteiger partial charge in [-0.15, -0.1) is 13.2 Å². The van der Waals surface area contributed by atoms with Crippen molar-refractivity contribution in [1.29, 1.82) is 15.8 Å². The predicted molar refractivity (Wildman–Crippen MR) is 123 cm³/mol. The number of benzene rings is 3. The van der Waals surface area contributed by atoms with E-state index in [1.165, 1.54) is 25.1 Å². The minimum absolute atomic E-state index is 0.0699. The van der Waals surface area contributed by atoms with Gasteiger partial charge in [-0.1, -0.05) is 13.0 Å². The van der Waals surface area contributed by atoms with Gasteiger partial charge in [-0.05, 0) is 33.9 Å². The summed E-state index contributed by atoms with van der Waals surface area (Å²) in [5.74, 6) is -13.8. The van der Waals surface area contributed by atoms with Crippen LogP contribution in [0.15, 0.2) is 12.1 Å². The van der Waals surface area contributed by atoms with E-state index in [0.29, 0.717) is 0 Å². The molecule has 0 bridgehead atoms. The maximum Gasteiger partial charge on any atom is 0.573 e. The van der Waals surface area contributed by atoms with E-state index >= 15 is 0 Å². The third kappa shape index (κ3) is 4.05. The largest absolute Gasteiger partial charge is 0.573 e. The Morgan fingerprint density at radius 2 is 1.39 bits per heavy atom. The molecule has 14 heteroatoms. The number of nitriles is 3. The van der Waals surface area contributed by atoms with Crippen molar-refractivity contribution in [3.63, 3.8) is 0 Å². The quantitative estimate of drug-likeness (QED) is 0.0810. The summed E-state index contributed by atoms with van der Waals surface area (Å²) in [6.07, 6.45) is -5.48. The number of alkyl halides is 3. The van der Waals surface area contributed by atoms with Crippen molar-refractivity contribution in [3.05, 3.63) is 97.4 Å². The molecule has 0 amide bonds. The van der Waals surface area contributed by atoms with E-state index in [4.69, 9.17) is 13.1 Å². The molecule has 0 N–H and O–H groups in total. The summed E-state index contributed by atoms with van der Waals surface area (Å²) in [7, 11) is 0. The second kappa shape index (κ2) is 9.68. The molecule has 0 saturated carbocycles. The minimum Gasteiger partial charge on any atom is -0.403 e. The van der Waals surface area contributed by atoms with E-state index in [1.807, 2.05) is 0 Å². The molecule has 0 aliphatic heterocycles. The van der Waals surface area contributed by atoms with Gasteiger partial charge >= 0.3 is 6.36 Å². The second-order valence-corrected chi connectivity index (χ2v) is 8.14. The second-order valence-electron chi connectivity index (χ2n) is 8.14. The summed E-state index contributed by atoms with van der Waals surface area (Å²) >= 11 is 0. The highest BCUT2D eigenvalue weighted by Crippen LogP contribution is 2.57. The van der Waals surface area contributed by atoms with E-state index in [0.717, 1.165) is 12.1 Å². The Hall–Kier alpha value is -5.91. The molecule has 1 aliphatic rings. The van der Waals surface area contributed by atoms with Crippen LogP contribution in [0, 0.1) is 83.1 Å². The molecular weight excluding hydrogens is 562 g/mol. The first-order valence-electron chi connectivity index (χ1n) is 10.6. The van der Waals surface area contributed by atoms with Gasteiger partial charge in [0.25, 0.3) is 0 Å². The molecule has 200 valence electrons. The van der Waals surface area contributed by atoms with Gasteiger partial charge in [0.15, 0.2) is 40.4 Å². The van der Waals surface area contributed by atoms with Gasteiger partial charge in [-0.2, -0.15) is 15.8 Å². The molecule has 6 nitrogen and oxygen atoms in total. The Labute approximate surface area is 224 Å². The van der Waals surface area contributed by atoms with Crippen LogP contribution in [0.5, 0.6) is 5.75 Å². The number of rotatable bonds is 2. The fourth-order valence-electron chi connectivity index (χ4n) is 4.46. The van der Waals surface area contributed by atoms with Crippen LogP contribution in [-0.2, 0) is 0 Å². The molecule has 0 aromatic heterocycles. The number of hydrogen-bond acceptors (Lipinski definition) is 4. The summed E-state index contributed by atoms with van der Waals surface area (Å²) in [6, 6.07) is 5.92. The lowest BCUT2D eigenvalue weighted by Crippen LogP contribution is -2.19. The fourth-order valence-corrected chi connectivity index (χ4v) is 4.46. The summed E-state index contributed by atoms with van der Waals surface area (Å²) in [5, 5.41) is 29.4. The Morgan fingerprint density at radius 1 is 0.829 bits per heavy atom. The van der Waals surface area contributed by atoms with Crippen molar-refractivity contribution in [2.75, 3.05) is 0 Å². The van der Waals surface area contributed by atoms with Crippen molar-refractivity contribution in [3.8, 4) is 35.1 Å². The Balaban J connectivity index is 2.40. The molecular formula is C27H5F8N5O. The minimum atomic E-state index is -5.48. The van der Waals surface area contributed by atoms with E-state index in [2.05, 4.69) is 14.4 Å². The SMILES string of the molecule is [C-]#[N+]c1cc2c(c([N+]#[C-])c1C)/C(=C(/C#N)c1c(F)c(F)c(F)c(F)c1F)c1c-2cc(C#N)c(OC(F)(F)F)c1C#N. The molecule has 4 rings (SSSR count). The van der Waals surface area contributed by atoms with Gasteiger partial charge < -0.3 is 4.74 Å². The lowest BCUT2D eigenvalue weighted by Gasteiger charge is -2.17. The van der Waals surface area contributed by atoms with Crippen LogP contribution in [0.25, 0.3) is 32.0 Å². The van der Waals surface area contributed by atoms with Crippen LogP contribution < -0.4 is 4.74 Å². The summed E-state index contributed by atoms with van der Waals surface area (Å²) < 4.78 is 116. The molecule has 0 atom stereocenters. The number of fused-ring (bicyclic) bond motifs is 3. The highest BCUT2D eigenvalue weighted by Gasteiger charge is 2.41. The molecule has 0 fully saturated rings. The standard InChI is InChI=1S/C27H5F8N5O/c1-9-15(39-2)5-12-11-4-10(6-36)26(41-27(33,34)35)14(8-38)16(11)17(18(12)25(9)40-3)13(7-37)19-20(28)22(30)24(32)23(31)21(19)29/h4-5H,1H3/b17-13-. The Kier molecular flexibility index (Phi) is 6.64. The maximum atomic E-state index is 14.9. The lowest BCUT2D eigenvalue weighted by atomic mass is 9.88. The predicted octanol–water partition coefficient (Wildman–Crippen LogP) is 7.90. The monoisotopic (exact) mass is 567 g/mol. The third-order valence-electron chi connectivity index (χ3n) is 6.10. The smallest absolute Gasteiger partial charge is 0.403 e. The number of halogens is 8. The summed E-state index contributed by atoms with van der Waals surface area (Å²) in [6.45, 7) is 16.3. The zero-order chi connectivity index (χ0) is 30.5. The Bertz CT molecular complexity index is 1950. The molecule has 3 aromatic rings. The number of ether oxygens (including phenoxy) is 1. The fraction of sp³-hybridized carbons (Fsp3) is 0.0741.